The minimum atomic E-state index is -0.0392. The lowest BCUT2D eigenvalue weighted by atomic mass is 10.1. The van der Waals surface area contributed by atoms with Crippen LogP contribution in [0.4, 0.5) is 10.5 Å². The van der Waals surface area contributed by atoms with E-state index in [0.717, 1.165) is 31.5 Å². The molecule has 1 aromatic rings. The standard InChI is InChI=1S/C14H22N2O/c1-4-6-11-15-14(17)16(3)13-9-7-12(5-2)8-10-13/h7-10H,4-6,11H2,1-3H3,(H,15,17). The molecule has 0 saturated heterocycles. The molecule has 3 nitrogen and oxygen atoms in total. The van der Waals surface area contributed by atoms with Gasteiger partial charge in [0.2, 0.25) is 0 Å². The second kappa shape index (κ2) is 6.94. The van der Waals surface area contributed by atoms with E-state index >= 15 is 0 Å². The first kappa shape index (κ1) is 13.6. The molecule has 1 rings (SSSR count). The molecule has 0 fully saturated rings. The van der Waals surface area contributed by atoms with Gasteiger partial charge >= 0.3 is 6.03 Å². The fourth-order valence-corrected chi connectivity index (χ4v) is 1.56. The van der Waals surface area contributed by atoms with Crippen LogP contribution in [0.25, 0.3) is 0 Å². The van der Waals surface area contributed by atoms with E-state index in [4.69, 9.17) is 0 Å². The zero-order valence-corrected chi connectivity index (χ0v) is 11.0. The molecule has 0 unspecified atom stereocenters. The summed E-state index contributed by atoms with van der Waals surface area (Å²) in [5.74, 6) is 0. The summed E-state index contributed by atoms with van der Waals surface area (Å²) < 4.78 is 0. The third-order valence-corrected chi connectivity index (χ3v) is 2.84. The number of carbonyl (C=O) groups is 1. The van der Waals surface area contributed by atoms with E-state index in [0.29, 0.717) is 0 Å². The quantitative estimate of drug-likeness (QED) is 0.780. The van der Waals surface area contributed by atoms with Crippen LogP contribution in [0.3, 0.4) is 0 Å². The molecule has 0 aliphatic rings. The number of urea groups is 1. The van der Waals surface area contributed by atoms with E-state index in [1.165, 1.54) is 5.56 Å². The average Bonchev–Trinajstić information content (AvgIpc) is 2.38. The van der Waals surface area contributed by atoms with Gasteiger partial charge in [-0.25, -0.2) is 4.79 Å². The molecule has 0 radical (unpaired) electrons. The number of carbonyl (C=O) groups excluding carboxylic acids is 1. The molecule has 0 aliphatic heterocycles. The van der Waals surface area contributed by atoms with Gasteiger partial charge in [-0.3, -0.25) is 4.90 Å². The number of nitrogens with zero attached hydrogens (tertiary/aromatic N) is 1. The number of unbranched alkanes of at least 4 members (excludes halogenated alkanes) is 1. The van der Waals surface area contributed by atoms with Crippen molar-refractivity contribution in [1.29, 1.82) is 0 Å². The normalized spacial score (nSPS) is 10.1. The van der Waals surface area contributed by atoms with Crippen molar-refractivity contribution in [2.24, 2.45) is 0 Å². The SMILES string of the molecule is CCCCNC(=O)N(C)c1ccc(CC)cc1. The van der Waals surface area contributed by atoms with Crippen LogP contribution >= 0.6 is 0 Å². The summed E-state index contributed by atoms with van der Waals surface area (Å²) in [7, 11) is 1.79. The Bertz CT molecular complexity index is 346. The number of nitrogens with one attached hydrogen (secondary N) is 1. The molecule has 0 saturated carbocycles. The second-order valence-corrected chi connectivity index (χ2v) is 4.16. The molecular formula is C14H22N2O. The molecule has 0 atom stereocenters. The zero-order valence-electron chi connectivity index (χ0n) is 11.0. The van der Waals surface area contributed by atoms with Crippen LogP contribution in [-0.2, 0) is 6.42 Å². The fraction of sp³-hybridized carbons (Fsp3) is 0.500. The lowest BCUT2D eigenvalue weighted by Crippen LogP contribution is -2.37. The monoisotopic (exact) mass is 234 g/mol. The van der Waals surface area contributed by atoms with E-state index in [-0.39, 0.29) is 6.03 Å². The van der Waals surface area contributed by atoms with Gasteiger partial charge < -0.3 is 5.32 Å². The number of rotatable bonds is 5. The van der Waals surface area contributed by atoms with Crippen LogP contribution in [0.2, 0.25) is 0 Å². The Morgan fingerprint density at radius 1 is 1.24 bits per heavy atom. The van der Waals surface area contributed by atoms with Crippen LogP contribution in [0.1, 0.15) is 32.3 Å². The minimum Gasteiger partial charge on any atom is -0.338 e. The van der Waals surface area contributed by atoms with Crippen molar-refractivity contribution in [3.05, 3.63) is 29.8 Å². The molecule has 0 aliphatic carbocycles. The van der Waals surface area contributed by atoms with Crippen molar-refractivity contribution in [3.63, 3.8) is 0 Å². The molecule has 0 bridgehead atoms. The Morgan fingerprint density at radius 2 is 1.88 bits per heavy atom. The van der Waals surface area contributed by atoms with Crippen molar-refractivity contribution in [3.8, 4) is 0 Å². The van der Waals surface area contributed by atoms with Crippen molar-refractivity contribution in [1.82, 2.24) is 5.32 Å². The Labute approximate surface area is 104 Å². The molecule has 1 N–H and O–H groups in total. The maximum Gasteiger partial charge on any atom is 0.321 e. The summed E-state index contributed by atoms with van der Waals surface area (Å²) in [5.41, 5.74) is 2.21. The molecule has 3 heteroatoms. The molecule has 0 heterocycles. The fourth-order valence-electron chi connectivity index (χ4n) is 1.56. The Hall–Kier alpha value is -1.51. The number of benzene rings is 1. The number of hydrogen-bond donors (Lipinski definition) is 1. The van der Waals surface area contributed by atoms with Gasteiger partial charge in [0.15, 0.2) is 0 Å². The predicted octanol–water partition coefficient (Wildman–Crippen LogP) is 3.19. The molecule has 17 heavy (non-hydrogen) atoms. The lowest BCUT2D eigenvalue weighted by molar-refractivity contribution is 0.247. The molecule has 1 aromatic carbocycles. The summed E-state index contributed by atoms with van der Waals surface area (Å²) in [6.45, 7) is 4.97. The first-order valence-electron chi connectivity index (χ1n) is 6.29. The largest absolute Gasteiger partial charge is 0.338 e. The van der Waals surface area contributed by atoms with E-state index < -0.39 is 0 Å². The van der Waals surface area contributed by atoms with Gasteiger partial charge in [-0.15, -0.1) is 0 Å². The van der Waals surface area contributed by atoms with E-state index in [2.05, 4.69) is 31.3 Å². The van der Waals surface area contributed by atoms with Crippen molar-refractivity contribution >= 4 is 11.7 Å². The second-order valence-electron chi connectivity index (χ2n) is 4.16. The Balaban J connectivity index is 2.55. The van der Waals surface area contributed by atoms with Crippen molar-refractivity contribution in [2.75, 3.05) is 18.5 Å². The van der Waals surface area contributed by atoms with Crippen LogP contribution in [-0.4, -0.2) is 19.6 Å². The van der Waals surface area contributed by atoms with Crippen molar-refractivity contribution in [2.45, 2.75) is 33.1 Å². The lowest BCUT2D eigenvalue weighted by Gasteiger charge is -2.18. The topological polar surface area (TPSA) is 32.3 Å². The zero-order chi connectivity index (χ0) is 12.7. The number of anilines is 1. The Morgan fingerprint density at radius 3 is 2.41 bits per heavy atom. The molecular weight excluding hydrogens is 212 g/mol. The maximum atomic E-state index is 11.8. The van der Waals surface area contributed by atoms with Gasteiger partial charge in [0.05, 0.1) is 0 Å². The molecule has 0 spiro atoms. The molecule has 0 aromatic heterocycles. The summed E-state index contributed by atoms with van der Waals surface area (Å²) in [6.07, 6.45) is 3.14. The smallest absolute Gasteiger partial charge is 0.321 e. The first-order valence-corrected chi connectivity index (χ1v) is 6.29. The average molecular weight is 234 g/mol. The van der Waals surface area contributed by atoms with Gasteiger partial charge in [-0.05, 0) is 30.5 Å². The highest BCUT2D eigenvalue weighted by molar-refractivity contribution is 5.91. The summed E-state index contributed by atoms with van der Waals surface area (Å²) in [5, 5.41) is 2.90. The van der Waals surface area contributed by atoms with Crippen LogP contribution in [0, 0.1) is 0 Å². The number of hydrogen-bond acceptors (Lipinski definition) is 1. The minimum absolute atomic E-state index is 0.0392. The van der Waals surface area contributed by atoms with E-state index in [1.54, 1.807) is 11.9 Å². The van der Waals surface area contributed by atoms with Crippen LogP contribution in [0.5, 0.6) is 0 Å². The molecule has 94 valence electrons. The van der Waals surface area contributed by atoms with Gasteiger partial charge in [0.25, 0.3) is 0 Å². The Kier molecular flexibility index (Phi) is 5.53. The number of amides is 2. The van der Waals surface area contributed by atoms with Gasteiger partial charge in [0.1, 0.15) is 0 Å². The van der Waals surface area contributed by atoms with Gasteiger partial charge in [-0.2, -0.15) is 0 Å². The van der Waals surface area contributed by atoms with Crippen LogP contribution < -0.4 is 10.2 Å². The van der Waals surface area contributed by atoms with Crippen molar-refractivity contribution < 1.29 is 4.79 Å². The van der Waals surface area contributed by atoms with Crippen LogP contribution in [0.15, 0.2) is 24.3 Å². The third kappa shape index (κ3) is 4.10. The highest BCUT2D eigenvalue weighted by atomic mass is 16.2. The molecule has 2 amide bonds. The summed E-state index contributed by atoms with van der Waals surface area (Å²) in [6, 6.07) is 8.05. The van der Waals surface area contributed by atoms with Gasteiger partial charge in [0, 0.05) is 19.3 Å². The van der Waals surface area contributed by atoms with E-state index in [1.807, 2.05) is 12.1 Å². The summed E-state index contributed by atoms with van der Waals surface area (Å²) >= 11 is 0. The maximum absolute atomic E-state index is 11.8. The highest BCUT2D eigenvalue weighted by Crippen LogP contribution is 2.14. The predicted molar refractivity (Wildman–Crippen MR) is 72.5 cm³/mol. The summed E-state index contributed by atoms with van der Waals surface area (Å²) in [4.78, 5) is 13.4. The van der Waals surface area contributed by atoms with E-state index in [9.17, 15) is 4.79 Å². The third-order valence-electron chi connectivity index (χ3n) is 2.84. The highest BCUT2D eigenvalue weighted by Gasteiger charge is 2.09. The first-order chi connectivity index (χ1) is 8.19. The van der Waals surface area contributed by atoms with Gasteiger partial charge in [-0.1, -0.05) is 32.4 Å². The number of aryl methyl sites for hydroxylation is 1.